The SMILES string of the molecule is COC(=O)N1C(=O)[C@@H]2[C@@H](CC(C)=C3[C@@H](CC/C(=C/c4ccc(CO)o4)c4ccccn4)OB(O)C[C@@H]32)C1=O. The van der Waals surface area contributed by atoms with Crippen LogP contribution >= 0.6 is 0 Å². The Morgan fingerprint density at radius 2 is 2.05 bits per heavy atom. The van der Waals surface area contributed by atoms with Crippen molar-refractivity contribution in [1.29, 1.82) is 0 Å². The van der Waals surface area contributed by atoms with Gasteiger partial charge in [-0.05, 0) is 79.9 Å². The molecule has 3 aliphatic rings. The van der Waals surface area contributed by atoms with E-state index in [9.17, 15) is 24.5 Å². The zero-order valence-corrected chi connectivity index (χ0v) is 21.2. The van der Waals surface area contributed by atoms with Crippen LogP contribution in [0.25, 0.3) is 11.6 Å². The maximum Gasteiger partial charge on any atom is 0.455 e. The van der Waals surface area contributed by atoms with E-state index in [1.165, 1.54) is 0 Å². The van der Waals surface area contributed by atoms with E-state index in [0.29, 0.717) is 35.7 Å². The summed E-state index contributed by atoms with van der Waals surface area (Å²) in [5.41, 5.74) is 3.47. The number of pyridine rings is 1. The maximum absolute atomic E-state index is 13.2. The number of aliphatic hydroxyl groups is 1. The van der Waals surface area contributed by atoms with Crippen molar-refractivity contribution in [2.75, 3.05) is 7.11 Å². The summed E-state index contributed by atoms with van der Waals surface area (Å²) in [7, 11) is 0.0171. The molecule has 198 valence electrons. The highest BCUT2D eigenvalue weighted by molar-refractivity contribution is 6.43. The summed E-state index contributed by atoms with van der Waals surface area (Å²) in [6, 6.07) is 9.08. The lowest BCUT2D eigenvalue weighted by atomic mass is 9.59. The van der Waals surface area contributed by atoms with Crippen LogP contribution in [0, 0.1) is 17.8 Å². The molecule has 10 nitrogen and oxygen atoms in total. The first-order valence-electron chi connectivity index (χ1n) is 12.6. The summed E-state index contributed by atoms with van der Waals surface area (Å²) < 4.78 is 16.3. The summed E-state index contributed by atoms with van der Waals surface area (Å²) >= 11 is 0. The molecule has 11 heteroatoms. The van der Waals surface area contributed by atoms with Crippen LogP contribution in [0.1, 0.15) is 43.4 Å². The van der Waals surface area contributed by atoms with Gasteiger partial charge in [0.2, 0.25) is 11.8 Å². The molecule has 0 saturated carbocycles. The Balaban J connectivity index is 1.43. The van der Waals surface area contributed by atoms with Gasteiger partial charge in [0, 0.05) is 6.20 Å². The molecule has 0 spiro atoms. The number of ether oxygens (including phenoxy) is 1. The molecule has 0 aromatic carbocycles. The third kappa shape index (κ3) is 4.73. The molecular weight excluding hydrogens is 491 g/mol. The first-order valence-corrected chi connectivity index (χ1v) is 12.6. The average Bonchev–Trinajstić information content (AvgIpc) is 3.47. The minimum absolute atomic E-state index is 0.164. The molecule has 2 aliphatic heterocycles. The van der Waals surface area contributed by atoms with Crippen LogP contribution in [-0.2, 0) is 25.6 Å². The number of hydrogen-bond acceptors (Lipinski definition) is 9. The highest BCUT2D eigenvalue weighted by atomic mass is 16.5. The van der Waals surface area contributed by atoms with Crippen LogP contribution < -0.4 is 0 Å². The number of aromatic nitrogens is 1. The number of likely N-dealkylation sites (tertiary alicyclic amines) is 1. The van der Waals surface area contributed by atoms with E-state index >= 15 is 0 Å². The minimum atomic E-state index is -1.12. The van der Waals surface area contributed by atoms with Crippen molar-refractivity contribution in [2.45, 2.75) is 45.2 Å². The molecule has 2 aromatic rings. The molecule has 4 heterocycles. The smallest absolute Gasteiger partial charge is 0.455 e. The zero-order chi connectivity index (χ0) is 27.0. The Labute approximate surface area is 220 Å². The van der Waals surface area contributed by atoms with E-state index in [1.807, 2.05) is 31.2 Å². The van der Waals surface area contributed by atoms with Gasteiger partial charge in [0.15, 0.2) is 0 Å². The van der Waals surface area contributed by atoms with Crippen LogP contribution in [0.2, 0.25) is 6.32 Å². The molecule has 1 aliphatic carbocycles. The Morgan fingerprint density at radius 3 is 2.74 bits per heavy atom. The number of amides is 3. The second-order valence-corrected chi connectivity index (χ2v) is 9.86. The Hall–Kier alpha value is -3.54. The summed E-state index contributed by atoms with van der Waals surface area (Å²) in [6.45, 7) is 1.71. The summed E-state index contributed by atoms with van der Waals surface area (Å²) in [4.78, 5) is 43.4. The van der Waals surface area contributed by atoms with Gasteiger partial charge < -0.3 is 23.9 Å². The molecule has 0 unspecified atom stereocenters. The number of nitrogens with zero attached hydrogens (tertiary/aromatic N) is 2. The van der Waals surface area contributed by atoms with Crippen molar-refractivity contribution < 1.29 is 38.3 Å². The third-order valence-corrected chi connectivity index (χ3v) is 7.63. The molecule has 2 aromatic heterocycles. The molecule has 3 amide bonds. The maximum atomic E-state index is 13.2. The van der Waals surface area contributed by atoms with Crippen molar-refractivity contribution in [1.82, 2.24) is 9.88 Å². The van der Waals surface area contributed by atoms with E-state index < -0.39 is 48.9 Å². The molecule has 2 N–H and O–H groups in total. The third-order valence-electron chi connectivity index (χ3n) is 7.63. The number of fused-ring (bicyclic) bond motifs is 3. The Morgan fingerprint density at radius 1 is 1.24 bits per heavy atom. The largest absolute Gasteiger partial charge is 0.459 e. The number of furan rings is 1. The molecule has 4 atom stereocenters. The fourth-order valence-electron chi connectivity index (χ4n) is 6.03. The van der Waals surface area contributed by atoms with E-state index in [-0.39, 0.29) is 12.9 Å². The van der Waals surface area contributed by atoms with Gasteiger partial charge in [0.05, 0.1) is 30.7 Å². The second-order valence-electron chi connectivity index (χ2n) is 9.86. The van der Waals surface area contributed by atoms with Gasteiger partial charge in [-0.1, -0.05) is 11.6 Å². The predicted molar refractivity (Wildman–Crippen MR) is 136 cm³/mol. The monoisotopic (exact) mass is 520 g/mol. The van der Waals surface area contributed by atoms with Gasteiger partial charge in [-0.15, -0.1) is 0 Å². The highest BCUT2D eigenvalue weighted by Crippen LogP contribution is 2.50. The number of imide groups is 3. The van der Waals surface area contributed by atoms with E-state index in [2.05, 4.69) is 9.72 Å². The zero-order valence-electron chi connectivity index (χ0n) is 21.2. The minimum Gasteiger partial charge on any atom is -0.459 e. The quantitative estimate of drug-likeness (QED) is 0.334. The average molecular weight is 520 g/mol. The lowest BCUT2D eigenvalue weighted by Crippen LogP contribution is -2.46. The van der Waals surface area contributed by atoms with E-state index in [4.69, 9.17) is 9.07 Å². The van der Waals surface area contributed by atoms with Crippen molar-refractivity contribution >= 4 is 36.7 Å². The first-order chi connectivity index (χ1) is 18.3. The number of aliphatic hydroxyl groups excluding tert-OH is 1. The van der Waals surface area contributed by atoms with E-state index in [0.717, 1.165) is 29.5 Å². The Bertz CT molecular complexity index is 1300. The van der Waals surface area contributed by atoms with E-state index in [1.54, 1.807) is 18.3 Å². The van der Waals surface area contributed by atoms with Gasteiger partial charge >= 0.3 is 13.2 Å². The van der Waals surface area contributed by atoms with Crippen molar-refractivity contribution in [3.05, 3.63) is 64.9 Å². The molecule has 5 rings (SSSR count). The topological polar surface area (TPSA) is 139 Å². The number of carbonyl (C=O) groups is 3. The summed E-state index contributed by atoms with van der Waals surface area (Å²) in [5, 5.41) is 20.0. The number of rotatable bonds is 6. The number of methoxy groups -OCH3 is 1. The first kappa shape index (κ1) is 26.1. The lowest BCUT2D eigenvalue weighted by Gasteiger charge is -2.42. The van der Waals surface area contributed by atoms with Gasteiger partial charge in [-0.2, -0.15) is 4.90 Å². The second kappa shape index (κ2) is 10.7. The van der Waals surface area contributed by atoms with Crippen molar-refractivity contribution in [3.8, 4) is 0 Å². The number of allylic oxidation sites excluding steroid dienone is 2. The molecule has 2 saturated heterocycles. The number of carbonyl (C=O) groups excluding carboxylic acids is 3. The summed E-state index contributed by atoms with van der Waals surface area (Å²) in [6.07, 6.45) is 3.59. The highest BCUT2D eigenvalue weighted by Gasteiger charge is 2.58. The summed E-state index contributed by atoms with van der Waals surface area (Å²) in [5.74, 6) is -1.94. The van der Waals surface area contributed by atoms with Gasteiger partial charge in [-0.25, -0.2) is 4.79 Å². The Kier molecular flexibility index (Phi) is 7.33. The standard InChI is InChI=1S/C27H29BN2O8/c1-15-11-19-24(26(33)30(25(19)32)27(34)36-2)20-13-28(35)38-22(23(15)20)9-6-16(21-5-3-4-10-29-21)12-17-7-8-18(14-31)37-17/h3-5,7-8,10,12,19-20,22,24,31,35H,6,9,11,13-14H2,1-2H3/b16-12-/t19-,20+,22-,24-/m1/s1. The van der Waals surface area contributed by atoms with Crippen LogP contribution in [-0.4, -0.2) is 58.3 Å². The van der Waals surface area contributed by atoms with Crippen molar-refractivity contribution in [3.63, 3.8) is 0 Å². The van der Waals surface area contributed by atoms with Crippen LogP contribution in [0.15, 0.2) is 52.1 Å². The molecule has 38 heavy (non-hydrogen) atoms. The molecule has 0 radical (unpaired) electrons. The lowest BCUT2D eigenvalue weighted by molar-refractivity contribution is -0.137. The van der Waals surface area contributed by atoms with Gasteiger partial charge in [-0.3, -0.25) is 14.6 Å². The molecule has 0 bridgehead atoms. The van der Waals surface area contributed by atoms with Crippen molar-refractivity contribution in [2.24, 2.45) is 17.8 Å². The van der Waals surface area contributed by atoms with Gasteiger partial charge in [0.25, 0.3) is 0 Å². The number of hydrogen-bond donors (Lipinski definition) is 2. The normalized spacial score (nSPS) is 25.5. The fraction of sp³-hybridized carbons (Fsp3) is 0.407. The predicted octanol–water partition coefficient (Wildman–Crippen LogP) is 3.07. The van der Waals surface area contributed by atoms with Gasteiger partial charge in [0.1, 0.15) is 18.1 Å². The molecular formula is C27H29BN2O8. The fourth-order valence-corrected chi connectivity index (χ4v) is 6.03. The van der Waals surface area contributed by atoms with Crippen LogP contribution in [0.5, 0.6) is 0 Å². The van der Waals surface area contributed by atoms with Crippen LogP contribution in [0.4, 0.5) is 4.79 Å². The molecule has 2 fully saturated rings. The van der Waals surface area contributed by atoms with Crippen LogP contribution in [0.3, 0.4) is 0 Å².